The number of rotatable bonds is 2. The summed E-state index contributed by atoms with van der Waals surface area (Å²) >= 11 is 1.91. The second kappa shape index (κ2) is 3.14. The SMILES string of the molecule is CCc1c[nH]c2c1sc1c(CC)c[nH]c12. The first-order chi connectivity index (χ1) is 7.35. The van der Waals surface area contributed by atoms with E-state index in [4.69, 9.17) is 0 Å². The Kier molecular flexibility index (Phi) is 1.89. The molecule has 0 bridgehead atoms. The molecule has 3 heterocycles. The molecule has 0 saturated heterocycles. The molecule has 0 aliphatic heterocycles. The van der Waals surface area contributed by atoms with Gasteiger partial charge in [-0.05, 0) is 24.0 Å². The fraction of sp³-hybridized carbons (Fsp3) is 0.333. The lowest BCUT2D eigenvalue weighted by Gasteiger charge is -1.88. The van der Waals surface area contributed by atoms with Crippen molar-refractivity contribution in [2.75, 3.05) is 0 Å². The van der Waals surface area contributed by atoms with E-state index in [1.165, 1.54) is 31.6 Å². The molecule has 0 saturated carbocycles. The van der Waals surface area contributed by atoms with Crippen molar-refractivity contribution < 1.29 is 0 Å². The first-order valence-corrected chi connectivity index (χ1v) is 6.25. The third-order valence-electron chi connectivity index (χ3n) is 3.03. The van der Waals surface area contributed by atoms with Crippen LogP contribution in [0.15, 0.2) is 12.4 Å². The highest BCUT2D eigenvalue weighted by molar-refractivity contribution is 7.26. The molecule has 0 unspecified atom stereocenters. The number of aromatic amines is 2. The zero-order valence-electron chi connectivity index (χ0n) is 8.98. The summed E-state index contributed by atoms with van der Waals surface area (Å²) in [6, 6.07) is 0. The normalized spacial score (nSPS) is 11.9. The van der Waals surface area contributed by atoms with Crippen LogP contribution in [0.5, 0.6) is 0 Å². The Hall–Kier alpha value is -1.22. The van der Waals surface area contributed by atoms with Crippen molar-refractivity contribution in [1.29, 1.82) is 0 Å². The minimum atomic E-state index is 1.10. The molecule has 2 N–H and O–H groups in total. The topological polar surface area (TPSA) is 31.6 Å². The molecule has 0 fully saturated rings. The van der Waals surface area contributed by atoms with Gasteiger partial charge >= 0.3 is 0 Å². The predicted octanol–water partition coefficient (Wildman–Crippen LogP) is 3.84. The van der Waals surface area contributed by atoms with Crippen LogP contribution in [0.2, 0.25) is 0 Å². The van der Waals surface area contributed by atoms with Gasteiger partial charge in [-0.25, -0.2) is 0 Å². The van der Waals surface area contributed by atoms with Crippen molar-refractivity contribution >= 4 is 31.8 Å². The maximum Gasteiger partial charge on any atom is 0.0812 e. The van der Waals surface area contributed by atoms with E-state index in [1.54, 1.807) is 0 Å². The molecule has 3 aromatic rings. The van der Waals surface area contributed by atoms with Crippen molar-refractivity contribution in [1.82, 2.24) is 9.97 Å². The van der Waals surface area contributed by atoms with E-state index in [1.807, 2.05) is 11.3 Å². The third kappa shape index (κ3) is 1.10. The quantitative estimate of drug-likeness (QED) is 0.655. The molecule has 2 nitrogen and oxygen atoms in total. The van der Waals surface area contributed by atoms with Gasteiger partial charge in [-0.1, -0.05) is 13.8 Å². The maximum atomic E-state index is 3.38. The summed E-state index contributed by atoms with van der Waals surface area (Å²) in [6.07, 6.45) is 6.47. The van der Waals surface area contributed by atoms with Gasteiger partial charge in [-0.3, -0.25) is 0 Å². The lowest BCUT2D eigenvalue weighted by Crippen LogP contribution is -1.71. The Labute approximate surface area is 92.3 Å². The number of thiophene rings is 1. The average Bonchev–Trinajstić information content (AvgIpc) is 2.86. The van der Waals surface area contributed by atoms with E-state index in [0.29, 0.717) is 0 Å². The lowest BCUT2D eigenvalue weighted by atomic mass is 10.2. The zero-order valence-corrected chi connectivity index (χ0v) is 9.79. The van der Waals surface area contributed by atoms with Crippen LogP contribution in [0.3, 0.4) is 0 Å². The highest BCUT2D eigenvalue weighted by Crippen LogP contribution is 2.37. The molecule has 0 spiro atoms. The number of fused-ring (bicyclic) bond motifs is 3. The molecule has 0 amide bonds. The van der Waals surface area contributed by atoms with Crippen LogP contribution >= 0.6 is 11.3 Å². The summed E-state index contributed by atoms with van der Waals surface area (Å²) < 4.78 is 2.85. The monoisotopic (exact) mass is 218 g/mol. The summed E-state index contributed by atoms with van der Waals surface area (Å²) in [5, 5.41) is 0. The van der Waals surface area contributed by atoms with Gasteiger partial charge in [0.2, 0.25) is 0 Å². The third-order valence-corrected chi connectivity index (χ3v) is 4.38. The van der Waals surface area contributed by atoms with Gasteiger partial charge in [0.05, 0.1) is 20.4 Å². The summed E-state index contributed by atoms with van der Waals surface area (Å²) in [5.41, 5.74) is 5.43. The van der Waals surface area contributed by atoms with Gasteiger partial charge in [0.15, 0.2) is 0 Å². The number of hydrogen-bond donors (Lipinski definition) is 2. The van der Waals surface area contributed by atoms with E-state index in [9.17, 15) is 0 Å². The number of H-pyrrole nitrogens is 2. The molecule has 0 aliphatic carbocycles. The average molecular weight is 218 g/mol. The molecule has 0 radical (unpaired) electrons. The van der Waals surface area contributed by atoms with Crippen LogP contribution in [0.1, 0.15) is 25.0 Å². The summed E-state index contributed by atoms with van der Waals surface area (Å²) in [7, 11) is 0. The summed E-state index contributed by atoms with van der Waals surface area (Å²) in [5.74, 6) is 0. The van der Waals surface area contributed by atoms with Crippen molar-refractivity contribution in [3.8, 4) is 0 Å². The molecule has 3 aromatic heterocycles. The Morgan fingerprint density at radius 2 is 1.40 bits per heavy atom. The molecular weight excluding hydrogens is 204 g/mol. The molecular formula is C12H14N2S. The Morgan fingerprint density at radius 3 is 1.80 bits per heavy atom. The van der Waals surface area contributed by atoms with Crippen molar-refractivity contribution in [3.05, 3.63) is 23.5 Å². The van der Waals surface area contributed by atoms with Crippen LogP contribution in [0.25, 0.3) is 20.4 Å². The van der Waals surface area contributed by atoms with Crippen LogP contribution < -0.4 is 0 Å². The Bertz CT molecular complexity index is 559. The van der Waals surface area contributed by atoms with E-state index in [0.717, 1.165) is 12.8 Å². The highest BCUT2D eigenvalue weighted by atomic mass is 32.1. The highest BCUT2D eigenvalue weighted by Gasteiger charge is 2.13. The second-order valence-electron chi connectivity index (χ2n) is 3.85. The van der Waals surface area contributed by atoms with Gasteiger partial charge in [0, 0.05) is 12.4 Å². The minimum Gasteiger partial charge on any atom is -0.358 e. The number of aryl methyl sites for hydroxylation is 2. The van der Waals surface area contributed by atoms with Crippen molar-refractivity contribution in [3.63, 3.8) is 0 Å². The molecule has 0 aromatic carbocycles. The van der Waals surface area contributed by atoms with Gasteiger partial charge in [0.1, 0.15) is 0 Å². The Morgan fingerprint density at radius 1 is 0.933 bits per heavy atom. The smallest absolute Gasteiger partial charge is 0.0812 e. The fourth-order valence-electron chi connectivity index (χ4n) is 2.13. The first-order valence-electron chi connectivity index (χ1n) is 5.43. The van der Waals surface area contributed by atoms with Crippen LogP contribution in [-0.2, 0) is 12.8 Å². The number of nitrogens with one attached hydrogen (secondary N) is 2. The second-order valence-corrected chi connectivity index (χ2v) is 4.87. The van der Waals surface area contributed by atoms with Gasteiger partial charge in [-0.15, -0.1) is 11.3 Å². The van der Waals surface area contributed by atoms with E-state index < -0.39 is 0 Å². The van der Waals surface area contributed by atoms with Crippen LogP contribution in [0, 0.1) is 0 Å². The molecule has 15 heavy (non-hydrogen) atoms. The number of aromatic nitrogens is 2. The van der Waals surface area contributed by atoms with Crippen LogP contribution in [0.4, 0.5) is 0 Å². The fourth-order valence-corrected chi connectivity index (χ4v) is 3.53. The largest absolute Gasteiger partial charge is 0.358 e. The lowest BCUT2D eigenvalue weighted by molar-refractivity contribution is 1.16. The first kappa shape index (κ1) is 9.04. The van der Waals surface area contributed by atoms with Gasteiger partial charge in [-0.2, -0.15) is 0 Å². The molecule has 78 valence electrons. The predicted molar refractivity (Wildman–Crippen MR) is 66.8 cm³/mol. The molecule has 0 atom stereocenters. The van der Waals surface area contributed by atoms with Gasteiger partial charge in [0.25, 0.3) is 0 Å². The summed E-state index contributed by atoms with van der Waals surface area (Å²) in [4.78, 5) is 6.76. The summed E-state index contributed by atoms with van der Waals surface area (Å²) in [6.45, 7) is 4.41. The maximum absolute atomic E-state index is 3.38. The molecule has 0 aliphatic rings. The van der Waals surface area contributed by atoms with Gasteiger partial charge < -0.3 is 9.97 Å². The van der Waals surface area contributed by atoms with Crippen LogP contribution in [-0.4, -0.2) is 9.97 Å². The molecule has 3 rings (SSSR count). The minimum absolute atomic E-state index is 1.10. The Balaban J connectivity index is 2.41. The van der Waals surface area contributed by atoms with Crippen molar-refractivity contribution in [2.45, 2.75) is 26.7 Å². The molecule has 3 heteroatoms. The van der Waals surface area contributed by atoms with E-state index >= 15 is 0 Å². The number of hydrogen-bond acceptors (Lipinski definition) is 1. The van der Waals surface area contributed by atoms with Crippen molar-refractivity contribution in [2.24, 2.45) is 0 Å². The standard InChI is InChI=1S/C12H14N2S/c1-3-7-5-13-9-10-12(15-11(7)9)8(4-2)6-14-10/h5-6,13-14H,3-4H2,1-2H3. The zero-order chi connectivity index (χ0) is 10.4. The van der Waals surface area contributed by atoms with E-state index in [2.05, 4.69) is 36.2 Å². The van der Waals surface area contributed by atoms with E-state index in [-0.39, 0.29) is 0 Å².